The van der Waals surface area contributed by atoms with E-state index >= 15 is 0 Å². The van der Waals surface area contributed by atoms with Gasteiger partial charge >= 0.3 is 0 Å². The van der Waals surface area contributed by atoms with Gasteiger partial charge in [-0.15, -0.1) is 0 Å². The van der Waals surface area contributed by atoms with Crippen LogP contribution in [0.3, 0.4) is 0 Å². The highest BCUT2D eigenvalue weighted by molar-refractivity contribution is 5.92. The molecular weight excluding hydrogens is 408 g/mol. The van der Waals surface area contributed by atoms with Gasteiger partial charge in [0.15, 0.2) is 11.6 Å². The molecule has 1 unspecified atom stereocenters. The van der Waals surface area contributed by atoms with Crippen molar-refractivity contribution in [1.82, 2.24) is 19.7 Å². The van der Waals surface area contributed by atoms with Crippen molar-refractivity contribution in [2.24, 2.45) is 7.05 Å². The van der Waals surface area contributed by atoms with Crippen molar-refractivity contribution in [3.8, 4) is 11.4 Å². The fourth-order valence-corrected chi connectivity index (χ4v) is 4.10. The van der Waals surface area contributed by atoms with E-state index in [0.717, 1.165) is 39.8 Å². The maximum Gasteiger partial charge on any atom is 0.181 e. The number of benzene rings is 3. The average molecular weight is 435 g/mol. The predicted molar refractivity (Wildman–Crippen MR) is 134 cm³/mol. The van der Waals surface area contributed by atoms with Crippen molar-refractivity contribution in [2.75, 3.05) is 11.1 Å². The summed E-state index contributed by atoms with van der Waals surface area (Å²) in [6.07, 6.45) is 2.70. The lowest BCUT2D eigenvalue weighted by atomic mass is 10.0. The van der Waals surface area contributed by atoms with Crippen molar-refractivity contribution in [3.05, 3.63) is 102 Å². The smallest absolute Gasteiger partial charge is 0.181 e. The number of fused-ring (bicyclic) bond motifs is 1. The third-order valence-corrected chi connectivity index (χ3v) is 5.89. The van der Waals surface area contributed by atoms with Gasteiger partial charge in [0.25, 0.3) is 0 Å². The summed E-state index contributed by atoms with van der Waals surface area (Å²) >= 11 is 0. The number of nitrogens with one attached hydrogen (secondary N) is 1. The van der Waals surface area contributed by atoms with Crippen molar-refractivity contribution >= 4 is 22.3 Å². The first-order valence-electron chi connectivity index (χ1n) is 11.1. The molecule has 5 aromatic rings. The lowest BCUT2D eigenvalue weighted by Gasteiger charge is -2.21. The lowest BCUT2D eigenvalue weighted by Crippen LogP contribution is -2.17. The van der Waals surface area contributed by atoms with Crippen molar-refractivity contribution < 1.29 is 0 Å². The maximum absolute atomic E-state index is 6.05. The molecule has 3 aromatic carbocycles. The number of hydrogen-bond donors (Lipinski definition) is 2. The second-order valence-corrected chi connectivity index (χ2v) is 8.09. The predicted octanol–water partition coefficient (Wildman–Crippen LogP) is 5.38. The molecule has 33 heavy (non-hydrogen) atoms. The topological polar surface area (TPSA) is 81.7 Å². The standard InChI is InChI=1S/C27H26N6/c1-3-18-8-7-11-21(16-18)24(27-31-26(32-33(27)2)19-9-5-4-6-10-19)30-22-12-13-23-20(17-22)14-15-29-25(23)28/h4-17,24,30H,3H2,1-2H3,(H2,28,29). The SMILES string of the molecule is CCc1cccc(C(Nc2ccc3c(N)nccc3c2)c2nc(-c3ccccc3)nn2C)c1. The molecule has 6 heteroatoms. The molecule has 0 saturated heterocycles. The highest BCUT2D eigenvalue weighted by Gasteiger charge is 2.22. The van der Waals surface area contributed by atoms with E-state index in [9.17, 15) is 0 Å². The third kappa shape index (κ3) is 4.15. The number of rotatable bonds is 6. The van der Waals surface area contributed by atoms with Crippen LogP contribution in [0.5, 0.6) is 0 Å². The molecule has 164 valence electrons. The summed E-state index contributed by atoms with van der Waals surface area (Å²) in [5.74, 6) is 2.09. The Balaban J connectivity index is 1.59. The molecule has 0 fully saturated rings. The second kappa shape index (κ2) is 8.74. The summed E-state index contributed by atoms with van der Waals surface area (Å²) in [7, 11) is 1.94. The number of aryl methyl sites for hydroxylation is 2. The molecular formula is C27H26N6. The Kier molecular flexibility index (Phi) is 5.48. The first-order valence-corrected chi connectivity index (χ1v) is 11.1. The number of hydrogen-bond acceptors (Lipinski definition) is 5. The summed E-state index contributed by atoms with van der Waals surface area (Å²) < 4.78 is 1.86. The van der Waals surface area contributed by atoms with E-state index in [1.807, 2.05) is 60.3 Å². The van der Waals surface area contributed by atoms with Crippen LogP contribution in [-0.2, 0) is 13.5 Å². The van der Waals surface area contributed by atoms with E-state index in [1.54, 1.807) is 6.20 Å². The van der Waals surface area contributed by atoms with Crippen LogP contribution in [0.1, 0.15) is 29.9 Å². The number of pyridine rings is 1. The summed E-state index contributed by atoms with van der Waals surface area (Å²) in [5.41, 5.74) is 10.4. The van der Waals surface area contributed by atoms with Gasteiger partial charge in [-0.3, -0.25) is 4.68 Å². The Morgan fingerprint density at radius 2 is 1.82 bits per heavy atom. The van der Waals surface area contributed by atoms with E-state index in [0.29, 0.717) is 11.6 Å². The molecule has 0 radical (unpaired) electrons. The van der Waals surface area contributed by atoms with Crippen molar-refractivity contribution in [1.29, 1.82) is 0 Å². The van der Waals surface area contributed by atoms with E-state index in [4.69, 9.17) is 15.8 Å². The molecule has 0 bridgehead atoms. The molecule has 2 heterocycles. The van der Waals surface area contributed by atoms with Crippen LogP contribution in [0.4, 0.5) is 11.5 Å². The Labute approximate surface area is 193 Å². The van der Waals surface area contributed by atoms with Crippen LogP contribution in [0.2, 0.25) is 0 Å². The highest BCUT2D eigenvalue weighted by atomic mass is 15.3. The van der Waals surface area contributed by atoms with Gasteiger partial charge in [0.2, 0.25) is 0 Å². The van der Waals surface area contributed by atoms with Gasteiger partial charge in [0.1, 0.15) is 11.9 Å². The van der Waals surface area contributed by atoms with Crippen LogP contribution in [0, 0.1) is 0 Å². The number of aromatic nitrogens is 4. The van der Waals surface area contributed by atoms with Crippen LogP contribution in [0.25, 0.3) is 22.2 Å². The molecule has 0 aliphatic carbocycles. The minimum absolute atomic E-state index is 0.178. The Morgan fingerprint density at radius 1 is 0.970 bits per heavy atom. The summed E-state index contributed by atoms with van der Waals surface area (Å²) in [6.45, 7) is 2.17. The second-order valence-electron chi connectivity index (χ2n) is 8.09. The fraction of sp³-hybridized carbons (Fsp3) is 0.148. The minimum atomic E-state index is -0.178. The van der Waals surface area contributed by atoms with Crippen molar-refractivity contribution in [2.45, 2.75) is 19.4 Å². The number of nitrogens with zero attached hydrogens (tertiary/aromatic N) is 4. The van der Waals surface area contributed by atoms with Gasteiger partial charge in [-0.25, -0.2) is 9.97 Å². The molecule has 6 nitrogen and oxygen atoms in total. The number of nitrogens with two attached hydrogens (primary N) is 1. The Bertz CT molecular complexity index is 1410. The zero-order valence-electron chi connectivity index (χ0n) is 18.7. The molecule has 0 amide bonds. The summed E-state index contributed by atoms with van der Waals surface area (Å²) in [4.78, 5) is 9.14. The van der Waals surface area contributed by atoms with E-state index in [1.165, 1.54) is 5.56 Å². The molecule has 0 aliphatic heterocycles. The lowest BCUT2D eigenvalue weighted by molar-refractivity contribution is 0.678. The van der Waals surface area contributed by atoms with Crippen LogP contribution in [-0.4, -0.2) is 19.7 Å². The first kappa shape index (κ1) is 20.7. The van der Waals surface area contributed by atoms with Crippen molar-refractivity contribution in [3.63, 3.8) is 0 Å². The largest absolute Gasteiger partial charge is 0.383 e. The van der Waals surface area contributed by atoms with Crippen LogP contribution >= 0.6 is 0 Å². The zero-order chi connectivity index (χ0) is 22.8. The number of nitrogen functional groups attached to an aromatic ring is 1. The zero-order valence-corrected chi connectivity index (χ0v) is 18.7. The van der Waals surface area contributed by atoms with Gasteiger partial charge in [-0.2, -0.15) is 5.10 Å². The molecule has 0 aliphatic rings. The van der Waals surface area contributed by atoms with Gasteiger partial charge in [-0.05, 0) is 47.2 Å². The Hall–Kier alpha value is -4.19. The van der Waals surface area contributed by atoms with E-state index in [-0.39, 0.29) is 6.04 Å². The molecule has 0 saturated carbocycles. The van der Waals surface area contributed by atoms with Crippen LogP contribution in [0.15, 0.2) is 85.1 Å². The van der Waals surface area contributed by atoms with Gasteiger partial charge in [0.05, 0.1) is 0 Å². The average Bonchev–Trinajstić information content (AvgIpc) is 3.24. The minimum Gasteiger partial charge on any atom is -0.383 e. The van der Waals surface area contributed by atoms with Gasteiger partial charge in [0, 0.05) is 29.9 Å². The summed E-state index contributed by atoms with van der Waals surface area (Å²) in [5, 5.41) is 10.4. The molecule has 2 aromatic heterocycles. The first-order chi connectivity index (χ1) is 16.1. The molecule has 5 rings (SSSR count). The van der Waals surface area contributed by atoms with Crippen LogP contribution < -0.4 is 11.1 Å². The van der Waals surface area contributed by atoms with E-state index in [2.05, 4.69) is 47.6 Å². The van der Waals surface area contributed by atoms with Gasteiger partial charge < -0.3 is 11.1 Å². The summed E-state index contributed by atoms with van der Waals surface area (Å²) in [6, 6.07) is 26.6. The monoisotopic (exact) mass is 434 g/mol. The third-order valence-electron chi connectivity index (χ3n) is 5.89. The quantitative estimate of drug-likeness (QED) is 0.375. The molecule has 3 N–H and O–H groups in total. The molecule has 1 atom stereocenters. The van der Waals surface area contributed by atoms with Gasteiger partial charge in [-0.1, -0.05) is 61.5 Å². The highest BCUT2D eigenvalue weighted by Crippen LogP contribution is 2.30. The Morgan fingerprint density at radius 3 is 2.64 bits per heavy atom. The number of anilines is 2. The normalized spacial score (nSPS) is 12.1. The fourth-order valence-electron chi connectivity index (χ4n) is 4.10. The van der Waals surface area contributed by atoms with E-state index < -0.39 is 0 Å². The maximum atomic E-state index is 6.05. The molecule has 0 spiro atoms.